The smallest absolute Gasteiger partial charge is 0.417 e. The SMILES string of the molecule is NCCOc1cnc2ccc(C(=O)c3ccc(NC(=O)c4ccc(Cl)c(C(F)(F)F)c4)cc3F)cc2n1. The highest BCUT2D eigenvalue weighted by molar-refractivity contribution is 6.31. The summed E-state index contributed by atoms with van der Waals surface area (Å²) in [5.41, 5.74) is 4.53. The van der Waals surface area contributed by atoms with E-state index in [0.29, 0.717) is 17.1 Å². The molecule has 0 aliphatic heterocycles. The van der Waals surface area contributed by atoms with E-state index in [-0.39, 0.29) is 41.4 Å². The molecular formula is C25H17ClF4N4O3. The number of nitrogens with one attached hydrogen (secondary N) is 1. The fourth-order valence-corrected chi connectivity index (χ4v) is 3.61. The first kappa shape index (κ1) is 26.0. The predicted octanol–water partition coefficient (Wildman–Crippen LogP) is 5.26. The van der Waals surface area contributed by atoms with Gasteiger partial charge in [-0.15, -0.1) is 0 Å². The number of alkyl halides is 3. The predicted molar refractivity (Wildman–Crippen MR) is 128 cm³/mol. The van der Waals surface area contributed by atoms with E-state index in [1.807, 2.05) is 0 Å². The topological polar surface area (TPSA) is 107 Å². The number of rotatable bonds is 7. The molecule has 12 heteroatoms. The van der Waals surface area contributed by atoms with Crippen molar-refractivity contribution < 1.29 is 31.9 Å². The van der Waals surface area contributed by atoms with Gasteiger partial charge in [0.15, 0.2) is 5.78 Å². The third-order valence-electron chi connectivity index (χ3n) is 5.16. The lowest BCUT2D eigenvalue weighted by molar-refractivity contribution is -0.137. The van der Waals surface area contributed by atoms with Crippen molar-refractivity contribution in [3.05, 3.63) is 93.9 Å². The molecule has 1 aromatic heterocycles. The minimum absolute atomic E-state index is 0.0615. The monoisotopic (exact) mass is 532 g/mol. The average Bonchev–Trinajstić information content (AvgIpc) is 2.86. The highest BCUT2D eigenvalue weighted by Crippen LogP contribution is 2.35. The van der Waals surface area contributed by atoms with E-state index in [2.05, 4.69) is 15.3 Å². The van der Waals surface area contributed by atoms with Crippen molar-refractivity contribution >= 4 is 40.0 Å². The number of amides is 1. The van der Waals surface area contributed by atoms with E-state index < -0.39 is 34.3 Å². The number of anilines is 1. The number of nitrogens with zero attached hydrogens (tertiary/aromatic N) is 2. The molecule has 37 heavy (non-hydrogen) atoms. The molecule has 1 amide bonds. The Labute approximate surface area is 212 Å². The van der Waals surface area contributed by atoms with Crippen LogP contribution in [0.4, 0.5) is 23.2 Å². The molecule has 3 aromatic carbocycles. The van der Waals surface area contributed by atoms with Gasteiger partial charge in [0.2, 0.25) is 5.88 Å². The fourth-order valence-electron chi connectivity index (χ4n) is 3.39. The van der Waals surface area contributed by atoms with E-state index in [9.17, 15) is 27.2 Å². The number of halogens is 5. The summed E-state index contributed by atoms with van der Waals surface area (Å²) in [7, 11) is 0. The molecule has 3 N–H and O–H groups in total. The van der Waals surface area contributed by atoms with Gasteiger partial charge >= 0.3 is 6.18 Å². The standard InChI is InChI=1S/C25H17ClF4N4O3/c26-18-5-1-14(9-17(18)25(28,29)30)24(36)33-15-3-4-16(19(27)11-15)23(35)13-2-6-20-21(10-13)34-22(12-32-20)37-8-7-31/h1-6,9-12H,7-8,31H2,(H,33,36). The van der Waals surface area contributed by atoms with Gasteiger partial charge in [0, 0.05) is 23.4 Å². The molecule has 0 aliphatic carbocycles. The molecule has 190 valence electrons. The first-order valence-corrected chi connectivity index (χ1v) is 11.1. The number of hydrogen-bond acceptors (Lipinski definition) is 6. The summed E-state index contributed by atoms with van der Waals surface area (Å²) in [6.07, 6.45) is -3.34. The first-order valence-electron chi connectivity index (χ1n) is 10.7. The second kappa shape index (κ2) is 10.5. The highest BCUT2D eigenvalue weighted by Gasteiger charge is 2.33. The van der Waals surface area contributed by atoms with Crippen molar-refractivity contribution in [3.63, 3.8) is 0 Å². The lowest BCUT2D eigenvalue weighted by Gasteiger charge is -2.12. The zero-order valence-corrected chi connectivity index (χ0v) is 19.5. The summed E-state index contributed by atoms with van der Waals surface area (Å²) in [6.45, 7) is 0.511. The number of nitrogens with two attached hydrogens (primary N) is 1. The Hall–Kier alpha value is -4.09. The number of ether oxygens (including phenoxy) is 1. The lowest BCUT2D eigenvalue weighted by atomic mass is 10.0. The molecule has 4 rings (SSSR count). The number of benzene rings is 3. The van der Waals surface area contributed by atoms with Gasteiger partial charge in [0.25, 0.3) is 5.91 Å². The molecular weight excluding hydrogens is 516 g/mol. The number of fused-ring (bicyclic) bond motifs is 1. The van der Waals surface area contributed by atoms with Crippen LogP contribution in [-0.4, -0.2) is 34.8 Å². The van der Waals surface area contributed by atoms with Gasteiger partial charge in [-0.1, -0.05) is 11.6 Å². The summed E-state index contributed by atoms with van der Waals surface area (Å²) >= 11 is 5.57. The first-order chi connectivity index (χ1) is 17.6. The van der Waals surface area contributed by atoms with E-state index in [1.165, 1.54) is 24.4 Å². The van der Waals surface area contributed by atoms with Gasteiger partial charge in [0.1, 0.15) is 12.4 Å². The van der Waals surface area contributed by atoms with Crippen molar-refractivity contribution in [1.82, 2.24) is 9.97 Å². The van der Waals surface area contributed by atoms with Crippen molar-refractivity contribution in [2.24, 2.45) is 5.73 Å². The second-order valence-corrected chi connectivity index (χ2v) is 8.13. The van der Waals surface area contributed by atoms with Gasteiger partial charge in [-0.2, -0.15) is 13.2 Å². The highest BCUT2D eigenvalue weighted by atomic mass is 35.5. The van der Waals surface area contributed by atoms with Crippen LogP contribution in [0.2, 0.25) is 5.02 Å². The second-order valence-electron chi connectivity index (χ2n) is 7.72. The van der Waals surface area contributed by atoms with Crippen molar-refractivity contribution in [1.29, 1.82) is 0 Å². The van der Waals surface area contributed by atoms with Crippen LogP contribution in [0.25, 0.3) is 11.0 Å². The van der Waals surface area contributed by atoms with Crippen molar-refractivity contribution in [3.8, 4) is 5.88 Å². The molecule has 0 unspecified atom stereocenters. The summed E-state index contributed by atoms with van der Waals surface area (Å²) in [6, 6.07) is 10.4. The number of ketones is 1. The molecule has 4 aromatic rings. The van der Waals surface area contributed by atoms with E-state index in [4.69, 9.17) is 22.1 Å². The van der Waals surface area contributed by atoms with Crippen LogP contribution in [0.5, 0.6) is 5.88 Å². The van der Waals surface area contributed by atoms with Crippen LogP contribution in [0.3, 0.4) is 0 Å². The Morgan fingerprint density at radius 2 is 1.76 bits per heavy atom. The van der Waals surface area contributed by atoms with Crippen LogP contribution >= 0.6 is 11.6 Å². The molecule has 7 nitrogen and oxygen atoms in total. The minimum Gasteiger partial charge on any atom is -0.475 e. The number of hydrogen-bond donors (Lipinski definition) is 2. The molecule has 1 heterocycles. The van der Waals surface area contributed by atoms with E-state index in [1.54, 1.807) is 6.07 Å². The number of aromatic nitrogens is 2. The third-order valence-corrected chi connectivity index (χ3v) is 5.49. The Morgan fingerprint density at radius 1 is 1.00 bits per heavy atom. The number of carbonyl (C=O) groups excluding carboxylic acids is 2. The maximum atomic E-state index is 14.8. The molecule has 0 radical (unpaired) electrons. The van der Waals surface area contributed by atoms with Gasteiger partial charge < -0.3 is 15.8 Å². The van der Waals surface area contributed by atoms with Gasteiger partial charge in [-0.25, -0.2) is 14.4 Å². The van der Waals surface area contributed by atoms with Gasteiger partial charge in [0.05, 0.1) is 33.4 Å². The summed E-state index contributed by atoms with van der Waals surface area (Å²) in [4.78, 5) is 33.8. The molecule has 0 saturated carbocycles. The minimum atomic E-state index is -4.76. The Bertz CT molecular complexity index is 1510. The van der Waals surface area contributed by atoms with Crippen molar-refractivity contribution in [2.45, 2.75) is 6.18 Å². The Kier molecular flexibility index (Phi) is 7.37. The normalized spacial score (nSPS) is 11.4. The largest absolute Gasteiger partial charge is 0.475 e. The van der Waals surface area contributed by atoms with Crippen LogP contribution in [0.15, 0.2) is 60.8 Å². The van der Waals surface area contributed by atoms with Gasteiger partial charge in [-0.3, -0.25) is 9.59 Å². The summed E-state index contributed by atoms with van der Waals surface area (Å²) in [5.74, 6) is -2.29. The zero-order valence-electron chi connectivity index (χ0n) is 18.8. The maximum absolute atomic E-state index is 14.8. The number of carbonyl (C=O) groups is 2. The van der Waals surface area contributed by atoms with E-state index in [0.717, 1.165) is 24.3 Å². The lowest BCUT2D eigenvalue weighted by Crippen LogP contribution is -2.15. The molecule has 0 saturated heterocycles. The van der Waals surface area contributed by atoms with Crippen LogP contribution in [0.1, 0.15) is 31.8 Å². The summed E-state index contributed by atoms with van der Waals surface area (Å²) < 4.78 is 59.4. The molecule has 0 aliphatic rings. The molecule has 0 atom stereocenters. The van der Waals surface area contributed by atoms with Crippen LogP contribution in [0, 0.1) is 5.82 Å². The van der Waals surface area contributed by atoms with Crippen LogP contribution in [-0.2, 0) is 6.18 Å². The van der Waals surface area contributed by atoms with Crippen molar-refractivity contribution in [2.75, 3.05) is 18.5 Å². The quantitative estimate of drug-likeness (QED) is 0.248. The Balaban J connectivity index is 1.54. The maximum Gasteiger partial charge on any atom is 0.417 e. The zero-order chi connectivity index (χ0) is 26.7. The van der Waals surface area contributed by atoms with E-state index >= 15 is 0 Å². The summed E-state index contributed by atoms with van der Waals surface area (Å²) in [5, 5.41) is 1.75. The van der Waals surface area contributed by atoms with Gasteiger partial charge in [-0.05, 0) is 54.6 Å². The average molecular weight is 533 g/mol. The van der Waals surface area contributed by atoms with Crippen LogP contribution < -0.4 is 15.8 Å². The third kappa shape index (κ3) is 5.84. The Morgan fingerprint density at radius 3 is 2.46 bits per heavy atom. The molecule has 0 spiro atoms. The molecule has 0 fully saturated rings. The molecule has 0 bridgehead atoms. The fraction of sp³-hybridized carbons (Fsp3) is 0.120.